The van der Waals surface area contributed by atoms with Crippen molar-refractivity contribution >= 4 is 5.69 Å². The quantitative estimate of drug-likeness (QED) is 0.167. The Balaban J connectivity index is 1.22. The first-order valence-corrected chi connectivity index (χ1v) is 18.3. The first-order valence-electron chi connectivity index (χ1n) is 18.3. The summed E-state index contributed by atoms with van der Waals surface area (Å²) in [5.74, 6) is -6.69. The lowest BCUT2D eigenvalue weighted by molar-refractivity contribution is -0.362. The lowest BCUT2D eigenvalue weighted by atomic mass is 9.49. The molecule has 0 radical (unpaired) electrons. The van der Waals surface area contributed by atoms with E-state index in [-0.39, 0.29) is 30.6 Å². The summed E-state index contributed by atoms with van der Waals surface area (Å²) in [4.78, 5) is 0. The van der Waals surface area contributed by atoms with Gasteiger partial charge in [0.1, 0.15) is 17.0 Å². The Labute approximate surface area is 301 Å². The fourth-order valence-corrected chi connectivity index (χ4v) is 10.2. The highest BCUT2D eigenvalue weighted by atomic mass is 19.4. The number of aromatic nitrogens is 1. The van der Waals surface area contributed by atoms with E-state index in [2.05, 4.69) is 36.2 Å². The lowest BCUT2D eigenvalue weighted by Crippen LogP contribution is -2.65. The number of benzene rings is 1. The van der Waals surface area contributed by atoms with Gasteiger partial charge in [-0.2, -0.15) is 22.0 Å². The number of halogens is 5. The molecule has 1 spiro atoms. The number of anilines is 1. The van der Waals surface area contributed by atoms with Crippen molar-refractivity contribution in [3.05, 3.63) is 70.4 Å². The van der Waals surface area contributed by atoms with E-state index < -0.39 is 52.8 Å². The van der Waals surface area contributed by atoms with Crippen LogP contribution in [0.2, 0.25) is 0 Å². The maximum absolute atomic E-state index is 15.5. The van der Waals surface area contributed by atoms with Crippen molar-refractivity contribution in [3.63, 3.8) is 0 Å². The van der Waals surface area contributed by atoms with Crippen molar-refractivity contribution in [2.24, 2.45) is 22.7 Å². The van der Waals surface area contributed by atoms with Crippen LogP contribution >= 0.6 is 0 Å². The van der Waals surface area contributed by atoms with Crippen molar-refractivity contribution in [1.82, 2.24) is 10.5 Å². The molecule has 286 valence electrons. The largest absolute Gasteiger partial charge is 0.456 e. The third kappa shape index (κ3) is 5.80. The van der Waals surface area contributed by atoms with Crippen molar-refractivity contribution in [3.8, 4) is 0 Å². The zero-order valence-corrected chi connectivity index (χ0v) is 30.5. The van der Waals surface area contributed by atoms with Crippen molar-refractivity contribution < 1.29 is 46.2 Å². The van der Waals surface area contributed by atoms with Gasteiger partial charge < -0.3 is 34.8 Å². The van der Waals surface area contributed by atoms with Gasteiger partial charge in [-0.15, -0.1) is 0 Å². The number of aliphatic hydroxyl groups is 2. The van der Waals surface area contributed by atoms with Gasteiger partial charge in [0, 0.05) is 36.1 Å². The second-order valence-corrected chi connectivity index (χ2v) is 17.1. The summed E-state index contributed by atoms with van der Waals surface area (Å²) >= 11 is 0. The number of nitrogens with zero attached hydrogens (tertiary/aromatic N) is 1. The number of rotatable bonds is 7. The van der Waals surface area contributed by atoms with E-state index in [9.17, 15) is 23.4 Å². The summed E-state index contributed by atoms with van der Waals surface area (Å²) in [6, 6.07) is 7.54. The molecule has 3 saturated carbocycles. The first kappa shape index (κ1) is 37.3. The molecule has 1 saturated heterocycles. The molecule has 1 aromatic carbocycles. The third-order valence-corrected chi connectivity index (χ3v) is 13.1. The van der Waals surface area contributed by atoms with Gasteiger partial charge in [0.15, 0.2) is 11.5 Å². The summed E-state index contributed by atoms with van der Waals surface area (Å²) < 4.78 is 90.8. The highest BCUT2D eigenvalue weighted by Gasteiger charge is 2.79. The Morgan fingerprint density at radius 3 is 2.27 bits per heavy atom. The average molecular weight is 736 g/mol. The van der Waals surface area contributed by atoms with Gasteiger partial charge in [-0.1, -0.05) is 62.3 Å². The van der Waals surface area contributed by atoms with Crippen LogP contribution < -0.4 is 10.6 Å². The molecule has 7 rings (SSSR count). The van der Waals surface area contributed by atoms with Crippen molar-refractivity contribution in [1.29, 1.82) is 0 Å². The molecule has 1 aliphatic heterocycles. The monoisotopic (exact) mass is 735 g/mol. The van der Waals surface area contributed by atoms with Crippen LogP contribution in [0.5, 0.6) is 0 Å². The highest BCUT2D eigenvalue weighted by Crippen LogP contribution is 2.71. The van der Waals surface area contributed by atoms with Crippen LogP contribution in [0.25, 0.3) is 0 Å². The maximum atomic E-state index is 15.5. The summed E-state index contributed by atoms with van der Waals surface area (Å²) in [7, 11) is 0. The molecule has 2 heterocycles. The third-order valence-electron chi connectivity index (χ3n) is 13.1. The Bertz CT molecular complexity index is 1730. The van der Waals surface area contributed by atoms with E-state index in [0.717, 1.165) is 28.0 Å². The smallest absolute Gasteiger partial charge is 0.385 e. The molecular weight excluding hydrogens is 685 g/mol. The van der Waals surface area contributed by atoms with Gasteiger partial charge in [0.05, 0.1) is 24.6 Å². The van der Waals surface area contributed by atoms with Crippen LogP contribution in [-0.4, -0.2) is 57.7 Å². The molecule has 2 aromatic rings. The first-order chi connectivity index (χ1) is 24.1. The zero-order chi connectivity index (χ0) is 37.7. The van der Waals surface area contributed by atoms with Crippen LogP contribution in [0.4, 0.5) is 27.6 Å². The highest BCUT2D eigenvalue weighted by molar-refractivity contribution is 5.53. The van der Waals surface area contributed by atoms with Crippen molar-refractivity contribution in [2.45, 2.75) is 128 Å². The molecule has 5 aliphatic rings. The maximum Gasteiger partial charge on any atom is 0.456 e. The van der Waals surface area contributed by atoms with E-state index in [1.54, 1.807) is 6.92 Å². The number of hydrogen-bond acceptors (Lipinski definition) is 8. The molecule has 6 atom stereocenters. The molecule has 0 bridgehead atoms. The number of allylic oxidation sites excluding steroid dienone is 1. The predicted octanol–water partition coefficient (Wildman–Crippen LogP) is 8.19. The minimum absolute atomic E-state index is 0.0347. The summed E-state index contributed by atoms with van der Waals surface area (Å²) in [5.41, 5.74) is -1.70. The number of fused-ring (bicyclic) bond motifs is 4. The van der Waals surface area contributed by atoms with Gasteiger partial charge in [-0.05, 0) is 80.9 Å². The predicted molar refractivity (Wildman–Crippen MR) is 183 cm³/mol. The Kier molecular flexibility index (Phi) is 8.80. The van der Waals surface area contributed by atoms with Gasteiger partial charge >= 0.3 is 12.1 Å². The summed E-state index contributed by atoms with van der Waals surface area (Å²) in [6.07, 6.45) is -4.78. The van der Waals surface area contributed by atoms with Gasteiger partial charge in [-0.25, -0.2) is 0 Å². The molecule has 4 N–H and O–H groups in total. The molecule has 13 heteroatoms. The fraction of sp³-hybridized carbons (Fsp3) is 0.667. The lowest BCUT2D eigenvalue weighted by Gasteiger charge is -2.59. The number of hydrogen-bond donors (Lipinski definition) is 4. The molecule has 5 unspecified atom stereocenters. The van der Waals surface area contributed by atoms with E-state index >= 15 is 8.78 Å². The van der Waals surface area contributed by atoms with E-state index in [4.69, 9.17) is 14.0 Å². The molecule has 1 aromatic heterocycles. The average Bonchev–Trinajstić information content (AvgIpc) is 3.54. The minimum atomic E-state index is -5.91. The number of aryl methyl sites for hydroxylation is 2. The fourth-order valence-electron chi connectivity index (χ4n) is 10.2. The molecule has 52 heavy (non-hydrogen) atoms. The number of ether oxygens (including phenoxy) is 2. The molecule has 8 nitrogen and oxygen atoms in total. The molecule has 4 aliphatic carbocycles. The Morgan fingerprint density at radius 1 is 0.981 bits per heavy atom. The van der Waals surface area contributed by atoms with Crippen LogP contribution in [0.1, 0.15) is 101 Å². The van der Waals surface area contributed by atoms with Crippen LogP contribution in [-0.2, 0) is 16.0 Å². The molecule has 0 amide bonds. The normalized spacial score (nSPS) is 34.0. The Hall–Kier alpha value is -3.00. The van der Waals surface area contributed by atoms with E-state index in [1.165, 1.54) is 6.92 Å². The second-order valence-electron chi connectivity index (χ2n) is 17.1. The standard InChI is InChI=1S/C39H50F5N3O5/c1-22-32(23(2)52-47-22)46-24(3)45-18-25-7-9-26(10-8-25)28-17-34(6)29(13-16-37(34,49)38(40,41)39(42,43)44)27-11-14-35(48)19-36(15-12-30(35)31(27)28)50-20-33(4,5)21-51-36/h7-10,27-29,45-46,48-49H,3,11-21H2,1-2,4-6H3/t27?,28-,29?,34?,35?,37?/m1/s1. The van der Waals surface area contributed by atoms with Gasteiger partial charge in [0.2, 0.25) is 0 Å². The van der Waals surface area contributed by atoms with Crippen molar-refractivity contribution in [2.75, 3.05) is 18.5 Å². The minimum Gasteiger partial charge on any atom is -0.385 e. The molecule has 4 fully saturated rings. The van der Waals surface area contributed by atoms with E-state index in [0.29, 0.717) is 62.7 Å². The van der Waals surface area contributed by atoms with Gasteiger partial charge in [-0.3, -0.25) is 0 Å². The molecular formula is C39H50F5N3O5. The van der Waals surface area contributed by atoms with Crippen LogP contribution in [0, 0.1) is 36.5 Å². The van der Waals surface area contributed by atoms with E-state index in [1.807, 2.05) is 31.2 Å². The van der Waals surface area contributed by atoms with Crippen LogP contribution in [0.3, 0.4) is 0 Å². The topological polar surface area (TPSA) is 109 Å². The SMILES string of the molecule is C=C(NCc1ccc([C@H]2CC3(C)C(CCC3(O)C(F)(F)C(F)(F)F)C3CCC4(O)CC5(CCC4=C32)OCC(C)(C)CO5)cc1)Nc1c(C)noc1C. The number of nitrogens with one attached hydrogen (secondary N) is 2. The Morgan fingerprint density at radius 2 is 1.65 bits per heavy atom. The summed E-state index contributed by atoms with van der Waals surface area (Å²) in [5, 5.41) is 34.4. The summed E-state index contributed by atoms with van der Waals surface area (Å²) in [6.45, 7) is 14.5. The van der Waals surface area contributed by atoms with Gasteiger partial charge in [0.25, 0.3) is 0 Å². The number of alkyl halides is 5. The second kappa shape index (κ2) is 12.3. The van der Waals surface area contributed by atoms with Crippen LogP contribution in [0.15, 0.2) is 52.3 Å². The zero-order valence-electron chi connectivity index (χ0n) is 30.5.